The van der Waals surface area contributed by atoms with Crippen molar-refractivity contribution in [3.8, 4) is 0 Å². The molecule has 1 amide bonds. The Hall–Kier alpha value is -1.26. The molecule has 1 unspecified atom stereocenters. The van der Waals surface area contributed by atoms with Gasteiger partial charge in [0.2, 0.25) is 0 Å². The minimum Gasteiger partial charge on any atom is -0.436 e. The lowest BCUT2D eigenvalue weighted by atomic mass is 9.97. The summed E-state index contributed by atoms with van der Waals surface area (Å²) in [6, 6.07) is 6.70. The fourth-order valence-electron chi connectivity index (χ4n) is 1.22. The molecule has 15 heavy (non-hydrogen) atoms. The summed E-state index contributed by atoms with van der Waals surface area (Å²) >= 11 is 5.79. The molecule has 0 saturated carbocycles. The predicted molar refractivity (Wildman–Crippen MR) is 56.6 cm³/mol. The molecular weight excluding hydrogens is 218 g/mol. The summed E-state index contributed by atoms with van der Waals surface area (Å²) in [4.78, 5) is 10.7. The maximum atomic E-state index is 10.7. The van der Waals surface area contributed by atoms with Crippen LogP contribution in [0.2, 0.25) is 5.02 Å². The number of rotatable bonds is 3. The monoisotopic (exact) mass is 229 g/mol. The van der Waals surface area contributed by atoms with E-state index < -0.39 is 11.7 Å². The van der Waals surface area contributed by atoms with Crippen molar-refractivity contribution < 1.29 is 14.6 Å². The zero-order chi connectivity index (χ0) is 11.5. The van der Waals surface area contributed by atoms with Crippen LogP contribution in [0.25, 0.3) is 0 Å². The fraction of sp³-hybridized carbons (Fsp3) is 0.300. The van der Waals surface area contributed by atoms with Crippen LogP contribution in [-0.2, 0) is 10.3 Å². The van der Waals surface area contributed by atoms with E-state index in [9.17, 15) is 9.90 Å². The summed E-state index contributed by atoms with van der Waals surface area (Å²) in [6.07, 6.45) is -0.938. The van der Waals surface area contributed by atoms with Crippen molar-refractivity contribution in [1.82, 2.24) is 0 Å². The summed E-state index contributed by atoms with van der Waals surface area (Å²) in [5.41, 5.74) is 4.36. The first-order chi connectivity index (χ1) is 6.98. The Morgan fingerprint density at radius 2 is 2.33 bits per heavy atom. The molecule has 82 valence electrons. The van der Waals surface area contributed by atoms with E-state index in [1.54, 1.807) is 31.2 Å². The van der Waals surface area contributed by atoms with Gasteiger partial charge in [0.15, 0.2) is 5.60 Å². The zero-order valence-electron chi connectivity index (χ0n) is 8.24. The lowest BCUT2D eigenvalue weighted by molar-refractivity contribution is -0.0166. The van der Waals surface area contributed by atoms with Gasteiger partial charge in [-0.15, -0.1) is 0 Å². The summed E-state index contributed by atoms with van der Waals surface area (Å²) in [6.45, 7) is 1.19. The maximum absolute atomic E-state index is 10.7. The van der Waals surface area contributed by atoms with Gasteiger partial charge in [-0.3, -0.25) is 0 Å². The molecule has 0 heterocycles. The van der Waals surface area contributed by atoms with Gasteiger partial charge >= 0.3 is 6.09 Å². The molecule has 1 aromatic rings. The smallest absolute Gasteiger partial charge is 0.405 e. The molecule has 3 N–H and O–H groups in total. The quantitative estimate of drug-likeness (QED) is 0.828. The van der Waals surface area contributed by atoms with E-state index in [4.69, 9.17) is 22.1 Å². The van der Waals surface area contributed by atoms with Gasteiger partial charge in [-0.1, -0.05) is 23.7 Å². The molecule has 0 bridgehead atoms. The van der Waals surface area contributed by atoms with Crippen molar-refractivity contribution >= 4 is 17.7 Å². The molecular formula is C10H12ClNO3. The number of halogens is 1. The molecule has 1 aromatic carbocycles. The zero-order valence-corrected chi connectivity index (χ0v) is 8.99. The fourth-order valence-corrected chi connectivity index (χ4v) is 1.41. The van der Waals surface area contributed by atoms with Gasteiger partial charge in [0.1, 0.15) is 0 Å². The summed E-state index contributed by atoms with van der Waals surface area (Å²) in [7, 11) is 0. The van der Waals surface area contributed by atoms with E-state index in [-0.39, 0.29) is 6.61 Å². The first kappa shape index (κ1) is 11.8. The number of aliphatic hydroxyl groups excluding tert-OH is 1. The predicted octanol–water partition coefficient (Wildman–Crippen LogP) is 1.64. The van der Waals surface area contributed by atoms with Crippen LogP contribution in [0.5, 0.6) is 0 Å². The number of amides is 1. The van der Waals surface area contributed by atoms with Gasteiger partial charge in [-0.2, -0.15) is 0 Å². The Balaban J connectivity index is 3.05. The molecule has 4 nitrogen and oxygen atoms in total. The molecule has 1 rings (SSSR count). The highest BCUT2D eigenvalue weighted by Crippen LogP contribution is 2.26. The highest BCUT2D eigenvalue weighted by molar-refractivity contribution is 6.30. The standard InChI is InChI=1S/C10H12ClNO3/c1-10(6-13,15-9(12)14)7-3-2-4-8(11)5-7/h2-5,13H,6H2,1H3,(H2,12,14). The van der Waals surface area contributed by atoms with Crippen molar-refractivity contribution in [1.29, 1.82) is 0 Å². The molecule has 0 fully saturated rings. The Kier molecular flexibility index (Phi) is 3.55. The van der Waals surface area contributed by atoms with Gasteiger partial charge in [0, 0.05) is 5.02 Å². The summed E-state index contributed by atoms with van der Waals surface area (Å²) in [5, 5.41) is 9.70. The van der Waals surface area contributed by atoms with Crippen LogP contribution >= 0.6 is 11.6 Å². The average Bonchev–Trinajstić information content (AvgIpc) is 2.16. The topological polar surface area (TPSA) is 72.6 Å². The Morgan fingerprint density at radius 1 is 1.67 bits per heavy atom. The molecule has 0 aromatic heterocycles. The van der Waals surface area contributed by atoms with Crippen molar-refractivity contribution in [2.75, 3.05) is 6.61 Å². The molecule has 0 radical (unpaired) electrons. The third-order valence-electron chi connectivity index (χ3n) is 2.06. The highest BCUT2D eigenvalue weighted by atomic mass is 35.5. The number of ether oxygens (including phenoxy) is 1. The van der Waals surface area contributed by atoms with Crippen molar-refractivity contribution in [3.05, 3.63) is 34.9 Å². The van der Waals surface area contributed by atoms with Crippen LogP contribution in [0.1, 0.15) is 12.5 Å². The number of primary amides is 1. The Labute approximate surface area is 92.6 Å². The number of carbonyl (C=O) groups excluding carboxylic acids is 1. The minimum absolute atomic E-state index is 0.365. The molecule has 0 aliphatic heterocycles. The number of aliphatic hydroxyl groups is 1. The van der Waals surface area contributed by atoms with Gasteiger partial charge in [-0.25, -0.2) is 4.79 Å². The lowest BCUT2D eigenvalue weighted by Gasteiger charge is -2.26. The van der Waals surface area contributed by atoms with Crippen LogP contribution in [-0.4, -0.2) is 17.8 Å². The third kappa shape index (κ3) is 2.84. The normalized spacial score (nSPS) is 14.3. The van der Waals surface area contributed by atoms with Gasteiger partial charge in [-0.05, 0) is 24.6 Å². The third-order valence-corrected chi connectivity index (χ3v) is 2.30. The Bertz CT molecular complexity index is 369. The number of hydrogen-bond donors (Lipinski definition) is 2. The minimum atomic E-state index is -1.16. The van der Waals surface area contributed by atoms with Crippen LogP contribution < -0.4 is 5.73 Å². The first-order valence-electron chi connectivity index (χ1n) is 4.33. The largest absolute Gasteiger partial charge is 0.436 e. The average molecular weight is 230 g/mol. The Morgan fingerprint density at radius 3 is 2.80 bits per heavy atom. The van der Waals surface area contributed by atoms with E-state index in [2.05, 4.69) is 0 Å². The van der Waals surface area contributed by atoms with Crippen LogP contribution in [0.4, 0.5) is 4.79 Å². The second kappa shape index (κ2) is 4.51. The number of benzene rings is 1. The highest BCUT2D eigenvalue weighted by Gasteiger charge is 2.29. The van der Waals surface area contributed by atoms with E-state index in [0.29, 0.717) is 10.6 Å². The molecule has 0 aliphatic rings. The SMILES string of the molecule is CC(CO)(OC(N)=O)c1cccc(Cl)c1. The number of nitrogens with two attached hydrogens (primary N) is 1. The van der Waals surface area contributed by atoms with Crippen LogP contribution in [0.15, 0.2) is 24.3 Å². The van der Waals surface area contributed by atoms with E-state index >= 15 is 0 Å². The first-order valence-corrected chi connectivity index (χ1v) is 4.71. The van der Waals surface area contributed by atoms with Crippen LogP contribution in [0, 0.1) is 0 Å². The van der Waals surface area contributed by atoms with Crippen molar-refractivity contribution in [2.24, 2.45) is 5.73 Å². The van der Waals surface area contributed by atoms with Gasteiger partial charge in [0.25, 0.3) is 0 Å². The van der Waals surface area contributed by atoms with Crippen molar-refractivity contribution in [3.63, 3.8) is 0 Å². The lowest BCUT2D eigenvalue weighted by Crippen LogP contribution is -2.35. The molecule has 1 atom stereocenters. The van der Waals surface area contributed by atoms with Gasteiger partial charge < -0.3 is 15.6 Å². The van der Waals surface area contributed by atoms with Crippen molar-refractivity contribution in [2.45, 2.75) is 12.5 Å². The molecule has 0 saturated heterocycles. The second-order valence-corrected chi connectivity index (χ2v) is 3.76. The number of hydrogen-bond acceptors (Lipinski definition) is 3. The maximum Gasteiger partial charge on any atom is 0.405 e. The van der Waals surface area contributed by atoms with E-state index in [1.807, 2.05) is 0 Å². The summed E-state index contributed by atoms with van der Waals surface area (Å²) in [5.74, 6) is 0. The molecule has 0 spiro atoms. The second-order valence-electron chi connectivity index (χ2n) is 3.32. The van der Waals surface area contributed by atoms with E-state index in [1.165, 1.54) is 0 Å². The van der Waals surface area contributed by atoms with Crippen LogP contribution in [0.3, 0.4) is 0 Å². The van der Waals surface area contributed by atoms with E-state index in [0.717, 1.165) is 0 Å². The van der Waals surface area contributed by atoms with Gasteiger partial charge in [0.05, 0.1) is 6.61 Å². The number of carbonyl (C=O) groups is 1. The molecule has 5 heteroatoms. The summed E-state index contributed by atoms with van der Waals surface area (Å²) < 4.78 is 4.86. The molecule has 0 aliphatic carbocycles.